The van der Waals surface area contributed by atoms with Crippen molar-refractivity contribution in [3.8, 4) is 5.75 Å². The summed E-state index contributed by atoms with van der Waals surface area (Å²) in [6.07, 6.45) is -1.76. The number of anilines is 1. The van der Waals surface area contributed by atoms with Gasteiger partial charge in [-0.25, -0.2) is 0 Å². The zero-order chi connectivity index (χ0) is 20.0. The lowest BCUT2D eigenvalue weighted by Crippen LogP contribution is -2.05. The second-order valence-corrected chi connectivity index (χ2v) is 7.05. The van der Waals surface area contributed by atoms with Crippen molar-refractivity contribution in [2.75, 3.05) is 30.8 Å². The van der Waals surface area contributed by atoms with Gasteiger partial charge in [-0.1, -0.05) is 18.0 Å². The van der Waals surface area contributed by atoms with Gasteiger partial charge in [0, 0.05) is 36.4 Å². The molecule has 4 nitrogen and oxygen atoms in total. The number of benzene rings is 2. The van der Waals surface area contributed by atoms with E-state index in [9.17, 15) is 13.2 Å². The van der Waals surface area contributed by atoms with Crippen LogP contribution in [0.5, 0.6) is 5.75 Å². The smallest absolute Gasteiger partial charge is 0.416 e. The van der Waals surface area contributed by atoms with Gasteiger partial charge in [0.15, 0.2) is 0 Å². The third kappa shape index (κ3) is 5.36. The standard InChI is InChI=1S/C20H21F3N2O2S/c1-26-10-11-28-25-19-13-24-18-7-2-14(12-17(18)19)8-9-27-16-5-3-15(4-6-16)20(21,22)23/h2-7,12-13,24-25H,8-11H2,1H3. The maximum Gasteiger partial charge on any atom is 0.416 e. The van der Waals surface area contributed by atoms with Gasteiger partial charge in [0.05, 0.1) is 24.5 Å². The average molecular weight is 410 g/mol. The number of hydrogen-bond acceptors (Lipinski definition) is 4. The summed E-state index contributed by atoms with van der Waals surface area (Å²) in [5.74, 6) is 1.26. The monoisotopic (exact) mass is 410 g/mol. The Morgan fingerprint density at radius 1 is 1.07 bits per heavy atom. The molecule has 8 heteroatoms. The summed E-state index contributed by atoms with van der Waals surface area (Å²) in [4.78, 5) is 3.23. The van der Waals surface area contributed by atoms with Crippen LogP contribution < -0.4 is 9.46 Å². The fourth-order valence-electron chi connectivity index (χ4n) is 2.69. The molecule has 1 aromatic heterocycles. The van der Waals surface area contributed by atoms with E-state index in [1.54, 1.807) is 19.1 Å². The molecule has 28 heavy (non-hydrogen) atoms. The van der Waals surface area contributed by atoms with Crippen molar-refractivity contribution in [1.82, 2.24) is 4.98 Å². The fraction of sp³-hybridized carbons (Fsp3) is 0.300. The van der Waals surface area contributed by atoms with E-state index < -0.39 is 11.7 Å². The van der Waals surface area contributed by atoms with Crippen LogP contribution in [-0.2, 0) is 17.3 Å². The van der Waals surface area contributed by atoms with Crippen molar-refractivity contribution >= 4 is 28.5 Å². The van der Waals surface area contributed by atoms with E-state index in [2.05, 4.69) is 15.8 Å². The lowest BCUT2D eigenvalue weighted by Gasteiger charge is -2.09. The van der Waals surface area contributed by atoms with Crippen LogP contribution in [0.15, 0.2) is 48.7 Å². The van der Waals surface area contributed by atoms with Gasteiger partial charge >= 0.3 is 6.18 Å². The molecule has 2 N–H and O–H groups in total. The number of aromatic nitrogens is 1. The van der Waals surface area contributed by atoms with Crippen LogP contribution in [0.4, 0.5) is 18.9 Å². The lowest BCUT2D eigenvalue weighted by molar-refractivity contribution is -0.137. The Labute approximate surface area is 165 Å². The van der Waals surface area contributed by atoms with Crippen molar-refractivity contribution < 1.29 is 22.6 Å². The second kappa shape index (κ2) is 9.25. The summed E-state index contributed by atoms with van der Waals surface area (Å²) in [6.45, 7) is 1.05. The number of aromatic amines is 1. The summed E-state index contributed by atoms with van der Waals surface area (Å²) < 4.78 is 51.7. The van der Waals surface area contributed by atoms with Gasteiger partial charge in [0.2, 0.25) is 0 Å². The number of methoxy groups -OCH3 is 1. The molecule has 0 radical (unpaired) electrons. The molecule has 0 atom stereocenters. The van der Waals surface area contributed by atoms with Crippen molar-refractivity contribution in [2.45, 2.75) is 12.6 Å². The third-order valence-corrected chi connectivity index (χ3v) is 4.89. The molecule has 0 amide bonds. The van der Waals surface area contributed by atoms with Crippen molar-refractivity contribution in [3.63, 3.8) is 0 Å². The molecule has 0 aliphatic carbocycles. The van der Waals surface area contributed by atoms with E-state index in [1.165, 1.54) is 12.1 Å². The SMILES string of the molecule is COCCSNc1c[nH]c2ccc(CCOc3ccc(C(F)(F)F)cc3)cc12. The first-order valence-corrected chi connectivity index (χ1v) is 9.73. The summed E-state index contributed by atoms with van der Waals surface area (Å²) in [6, 6.07) is 10.8. The van der Waals surface area contributed by atoms with E-state index in [0.717, 1.165) is 40.0 Å². The summed E-state index contributed by atoms with van der Waals surface area (Å²) >= 11 is 1.57. The first kappa shape index (κ1) is 20.4. The van der Waals surface area contributed by atoms with Crippen LogP contribution in [0.1, 0.15) is 11.1 Å². The third-order valence-electron chi connectivity index (χ3n) is 4.16. The predicted octanol–water partition coefficient (Wildman–Crippen LogP) is 5.51. The number of hydrogen-bond donors (Lipinski definition) is 2. The van der Waals surface area contributed by atoms with Gasteiger partial charge in [-0.2, -0.15) is 13.2 Å². The molecular weight excluding hydrogens is 389 g/mol. The normalized spacial score (nSPS) is 11.7. The van der Waals surface area contributed by atoms with Crippen LogP contribution in [-0.4, -0.2) is 31.1 Å². The molecule has 0 bridgehead atoms. The average Bonchev–Trinajstić information content (AvgIpc) is 3.07. The van der Waals surface area contributed by atoms with Gasteiger partial charge < -0.3 is 19.2 Å². The number of ether oxygens (including phenoxy) is 2. The fourth-order valence-corrected chi connectivity index (χ4v) is 3.36. The van der Waals surface area contributed by atoms with Crippen LogP contribution in [0, 0.1) is 0 Å². The Morgan fingerprint density at radius 2 is 1.86 bits per heavy atom. The Morgan fingerprint density at radius 3 is 2.57 bits per heavy atom. The van der Waals surface area contributed by atoms with Crippen molar-refractivity contribution in [3.05, 3.63) is 59.8 Å². The highest BCUT2D eigenvalue weighted by Gasteiger charge is 2.29. The first-order chi connectivity index (χ1) is 13.5. The van der Waals surface area contributed by atoms with Gasteiger partial charge in [-0.15, -0.1) is 0 Å². The van der Waals surface area contributed by atoms with E-state index in [1.807, 2.05) is 18.3 Å². The Balaban J connectivity index is 1.57. The van der Waals surface area contributed by atoms with Crippen LogP contribution in [0.2, 0.25) is 0 Å². The highest BCUT2D eigenvalue weighted by Crippen LogP contribution is 2.30. The molecule has 3 rings (SSSR count). The topological polar surface area (TPSA) is 46.3 Å². The predicted molar refractivity (Wildman–Crippen MR) is 107 cm³/mol. The minimum atomic E-state index is -4.34. The summed E-state index contributed by atoms with van der Waals surface area (Å²) in [5.41, 5.74) is 2.44. The van der Waals surface area contributed by atoms with E-state index in [-0.39, 0.29) is 0 Å². The zero-order valence-corrected chi connectivity index (χ0v) is 16.1. The quantitative estimate of drug-likeness (QED) is 0.360. The molecule has 150 valence electrons. The number of fused-ring (bicyclic) bond motifs is 1. The number of nitrogens with one attached hydrogen (secondary N) is 2. The zero-order valence-electron chi connectivity index (χ0n) is 15.3. The molecule has 2 aromatic carbocycles. The molecule has 0 unspecified atom stereocenters. The maximum atomic E-state index is 12.6. The van der Waals surface area contributed by atoms with E-state index >= 15 is 0 Å². The summed E-state index contributed by atoms with van der Waals surface area (Å²) in [7, 11) is 1.67. The van der Waals surface area contributed by atoms with E-state index in [0.29, 0.717) is 25.4 Å². The van der Waals surface area contributed by atoms with Gasteiger partial charge in [0.25, 0.3) is 0 Å². The molecule has 0 saturated heterocycles. The minimum absolute atomic E-state index is 0.382. The molecule has 0 saturated carbocycles. The van der Waals surface area contributed by atoms with Crippen molar-refractivity contribution in [1.29, 1.82) is 0 Å². The van der Waals surface area contributed by atoms with Gasteiger partial charge in [0.1, 0.15) is 5.75 Å². The number of alkyl halides is 3. The highest BCUT2D eigenvalue weighted by molar-refractivity contribution is 8.00. The minimum Gasteiger partial charge on any atom is -0.493 e. The molecule has 3 aromatic rings. The van der Waals surface area contributed by atoms with Crippen LogP contribution >= 0.6 is 11.9 Å². The number of rotatable bonds is 9. The maximum absolute atomic E-state index is 12.6. The van der Waals surface area contributed by atoms with Crippen molar-refractivity contribution in [2.24, 2.45) is 0 Å². The van der Waals surface area contributed by atoms with E-state index in [4.69, 9.17) is 9.47 Å². The Kier molecular flexibility index (Phi) is 6.74. The molecule has 0 fully saturated rings. The highest BCUT2D eigenvalue weighted by atomic mass is 32.2. The largest absolute Gasteiger partial charge is 0.493 e. The van der Waals surface area contributed by atoms with Crippen LogP contribution in [0.25, 0.3) is 10.9 Å². The number of H-pyrrole nitrogens is 1. The molecule has 0 aliphatic heterocycles. The molecule has 0 aliphatic rings. The molecule has 1 heterocycles. The molecule has 0 spiro atoms. The Bertz CT molecular complexity index is 895. The van der Waals surface area contributed by atoms with Gasteiger partial charge in [-0.3, -0.25) is 0 Å². The lowest BCUT2D eigenvalue weighted by atomic mass is 10.1. The van der Waals surface area contributed by atoms with Gasteiger partial charge in [-0.05, 0) is 42.0 Å². The second-order valence-electron chi connectivity index (χ2n) is 6.15. The first-order valence-electron chi connectivity index (χ1n) is 8.74. The number of halogens is 3. The molecular formula is C20H21F3N2O2S. The van der Waals surface area contributed by atoms with Crippen LogP contribution in [0.3, 0.4) is 0 Å². The Hall–Kier alpha value is -2.32. The summed E-state index contributed by atoms with van der Waals surface area (Å²) in [5, 5.41) is 1.08.